The SMILES string of the molecule is CC1CC(C(Cl)c2ccc3c(c2)NC(=O)CO3)CO1. The van der Waals surface area contributed by atoms with Gasteiger partial charge in [0.2, 0.25) is 0 Å². The van der Waals surface area contributed by atoms with Gasteiger partial charge < -0.3 is 14.8 Å². The summed E-state index contributed by atoms with van der Waals surface area (Å²) < 4.78 is 10.9. The van der Waals surface area contributed by atoms with Crippen molar-refractivity contribution in [2.75, 3.05) is 18.5 Å². The van der Waals surface area contributed by atoms with Gasteiger partial charge in [0.1, 0.15) is 5.75 Å². The van der Waals surface area contributed by atoms with Crippen LogP contribution in [0.15, 0.2) is 18.2 Å². The molecule has 0 bridgehead atoms. The molecule has 0 aliphatic carbocycles. The molecule has 0 radical (unpaired) electrons. The van der Waals surface area contributed by atoms with Crippen molar-refractivity contribution in [2.24, 2.45) is 5.92 Å². The van der Waals surface area contributed by atoms with E-state index in [2.05, 4.69) is 12.2 Å². The number of carbonyl (C=O) groups excluding carboxylic acids is 1. The third-order valence-electron chi connectivity index (χ3n) is 3.60. The van der Waals surface area contributed by atoms with Crippen LogP contribution in [-0.2, 0) is 9.53 Å². The van der Waals surface area contributed by atoms with Crippen molar-refractivity contribution in [2.45, 2.75) is 24.8 Å². The molecule has 3 atom stereocenters. The van der Waals surface area contributed by atoms with Gasteiger partial charge in [0, 0.05) is 5.92 Å². The highest BCUT2D eigenvalue weighted by molar-refractivity contribution is 6.21. The summed E-state index contributed by atoms with van der Waals surface area (Å²) in [7, 11) is 0. The maximum atomic E-state index is 11.3. The van der Waals surface area contributed by atoms with Gasteiger partial charge in [0.15, 0.2) is 6.61 Å². The molecular weight excluding hydrogens is 266 g/mol. The lowest BCUT2D eigenvalue weighted by Gasteiger charge is -2.21. The minimum atomic E-state index is -0.131. The van der Waals surface area contributed by atoms with Gasteiger partial charge in [-0.3, -0.25) is 4.79 Å². The number of halogens is 1. The molecule has 2 aliphatic rings. The Bertz CT molecular complexity index is 505. The summed E-state index contributed by atoms with van der Waals surface area (Å²) in [5.74, 6) is 0.881. The zero-order valence-electron chi connectivity index (χ0n) is 10.7. The highest BCUT2D eigenvalue weighted by Crippen LogP contribution is 2.39. The van der Waals surface area contributed by atoms with Crippen molar-refractivity contribution in [3.05, 3.63) is 23.8 Å². The molecule has 1 amide bonds. The number of carbonyl (C=O) groups is 1. The Morgan fingerprint density at radius 3 is 3.05 bits per heavy atom. The summed E-state index contributed by atoms with van der Waals surface area (Å²) in [4.78, 5) is 11.3. The van der Waals surface area contributed by atoms with E-state index in [-0.39, 0.29) is 24.0 Å². The maximum absolute atomic E-state index is 11.3. The van der Waals surface area contributed by atoms with Crippen LogP contribution in [-0.4, -0.2) is 25.2 Å². The fourth-order valence-corrected chi connectivity index (χ4v) is 2.91. The topological polar surface area (TPSA) is 47.6 Å². The van der Waals surface area contributed by atoms with E-state index in [4.69, 9.17) is 21.1 Å². The van der Waals surface area contributed by atoms with E-state index in [1.165, 1.54) is 0 Å². The van der Waals surface area contributed by atoms with Crippen molar-refractivity contribution in [3.8, 4) is 5.75 Å². The number of hydrogen-bond acceptors (Lipinski definition) is 3. The molecule has 0 saturated carbocycles. The van der Waals surface area contributed by atoms with E-state index in [0.29, 0.717) is 24.0 Å². The zero-order valence-corrected chi connectivity index (χ0v) is 11.4. The third-order valence-corrected chi connectivity index (χ3v) is 4.21. The number of rotatable bonds is 2. The normalized spacial score (nSPS) is 27.4. The zero-order chi connectivity index (χ0) is 13.4. The third kappa shape index (κ3) is 2.55. The lowest BCUT2D eigenvalue weighted by atomic mass is 9.96. The van der Waals surface area contributed by atoms with Crippen molar-refractivity contribution in [1.29, 1.82) is 0 Å². The van der Waals surface area contributed by atoms with Crippen molar-refractivity contribution >= 4 is 23.2 Å². The van der Waals surface area contributed by atoms with Crippen LogP contribution in [0.3, 0.4) is 0 Å². The number of fused-ring (bicyclic) bond motifs is 1. The number of alkyl halides is 1. The predicted molar refractivity (Wildman–Crippen MR) is 72.7 cm³/mol. The lowest BCUT2D eigenvalue weighted by molar-refractivity contribution is -0.118. The fraction of sp³-hybridized carbons (Fsp3) is 0.500. The molecule has 1 saturated heterocycles. The van der Waals surface area contributed by atoms with Crippen LogP contribution in [0.4, 0.5) is 5.69 Å². The highest BCUT2D eigenvalue weighted by atomic mass is 35.5. The Balaban J connectivity index is 1.81. The van der Waals surface area contributed by atoms with Gasteiger partial charge in [-0.1, -0.05) is 6.07 Å². The molecule has 0 spiro atoms. The largest absolute Gasteiger partial charge is 0.482 e. The number of ether oxygens (including phenoxy) is 2. The van der Waals surface area contributed by atoms with Gasteiger partial charge in [-0.15, -0.1) is 11.6 Å². The molecular formula is C14H16ClNO3. The molecule has 3 unspecified atom stereocenters. The minimum absolute atomic E-state index is 0.0740. The smallest absolute Gasteiger partial charge is 0.262 e. The van der Waals surface area contributed by atoms with Crippen LogP contribution < -0.4 is 10.1 Å². The Morgan fingerprint density at radius 2 is 2.32 bits per heavy atom. The summed E-state index contributed by atoms with van der Waals surface area (Å²) in [5, 5.41) is 2.70. The molecule has 1 aromatic carbocycles. The van der Waals surface area contributed by atoms with E-state index < -0.39 is 0 Å². The molecule has 1 N–H and O–H groups in total. The first-order valence-corrected chi connectivity index (χ1v) is 6.89. The van der Waals surface area contributed by atoms with Crippen LogP contribution >= 0.6 is 11.6 Å². The standard InChI is InChI=1S/C14H16ClNO3/c1-8-4-10(6-18-8)14(15)9-2-3-12-11(5-9)16-13(17)7-19-12/h2-3,5,8,10,14H,4,6-7H2,1H3,(H,16,17). The molecule has 2 heterocycles. The fourth-order valence-electron chi connectivity index (χ4n) is 2.60. The van der Waals surface area contributed by atoms with Gasteiger partial charge in [0.25, 0.3) is 5.91 Å². The number of amides is 1. The summed E-state index contributed by atoms with van der Waals surface area (Å²) in [6.07, 6.45) is 1.24. The van der Waals surface area contributed by atoms with Gasteiger partial charge in [-0.25, -0.2) is 0 Å². The van der Waals surface area contributed by atoms with Gasteiger partial charge in [-0.05, 0) is 31.0 Å². The average molecular weight is 282 g/mol. The van der Waals surface area contributed by atoms with Gasteiger partial charge >= 0.3 is 0 Å². The van der Waals surface area contributed by atoms with E-state index >= 15 is 0 Å². The van der Waals surface area contributed by atoms with Gasteiger partial charge in [0.05, 0.1) is 23.8 Å². The van der Waals surface area contributed by atoms with Crippen LogP contribution in [0.1, 0.15) is 24.3 Å². The molecule has 102 valence electrons. The number of nitrogens with one attached hydrogen (secondary N) is 1. The van der Waals surface area contributed by atoms with E-state index in [1.54, 1.807) is 0 Å². The van der Waals surface area contributed by atoms with E-state index in [9.17, 15) is 4.79 Å². The molecule has 19 heavy (non-hydrogen) atoms. The number of anilines is 1. The van der Waals surface area contributed by atoms with Crippen LogP contribution in [0.2, 0.25) is 0 Å². The first-order valence-electron chi connectivity index (χ1n) is 6.46. The van der Waals surface area contributed by atoms with Crippen molar-refractivity contribution in [3.63, 3.8) is 0 Å². The Kier molecular flexibility index (Phi) is 3.37. The van der Waals surface area contributed by atoms with Crippen LogP contribution in [0.5, 0.6) is 5.75 Å². The molecule has 2 aliphatic heterocycles. The molecule has 1 fully saturated rings. The van der Waals surface area contributed by atoms with Crippen molar-refractivity contribution < 1.29 is 14.3 Å². The Morgan fingerprint density at radius 1 is 1.47 bits per heavy atom. The summed E-state index contributed by atoms with van der Waals surface area (Å²) in [5.41, 5.74) is 1.69. The second-order valence-electron chi connectivity index (χ2n) is 5.13. The molecule has 0 aromatic heterocycles. The first-order chi connectivity index (χ1) is 9.13. The Hall–Kier alpha value is -1.26. The molecule has 1 aromatic rings. The van der Waals surface area contributed by atoms with Crippen molar-refractivity contribution in [1.82, 2.24) is 0 Å². The summed E-state index contributed by atoms with van der Waals surface area (Å²) in [6.45, 7) is 2.82. The summed E-state index contributed by atoms with van der Waals surface area (Å²) in [6, 6.07) is 5.71. The van der Waals surface area contributed by atoms with Gasteiger partial charge in [-0.2, -0.15) is 0 Å². The van der Waals surface area contributed by atoms with Crippen LogP contribution in [0.25, 0.3) is 0 Å². The second kappa shape index (κ2) is 5.02. The second-order valence-corrected chi connectivity index (χ2v) is 5.60. The molecule has 5 heteroatoms. The highest BCUT2D eigenvalue weighted by Gasteiger charge is 2.30. The lowest BCUT2D eigenvalue weighted by Crippen LogP contribution is -2.25. The Labute approximate surface area is 117 Å². The number of benzene rings is 1. The minimum Gasteiger partial charge on any atom is -0.482 e. The monoisotopic (exact) mass is 281 g/mol. The van der Waals surface area contributed by atoms with E-state index in [0.717, 1.165) is 12.0 Å². The molecule has 3 rings (SSSR count). The maximum Gasteiger partial charge on any atom is 0.262 e. The summed E-state index contributed by atoms with van der Waals surface area (Å²) >= 11 is 6.52. The number of hydrogen-bond donors (Lipinski definition) is 1. The van der Waals surface area contributed by atoms with E-state index in [1.807, 2.05) is 18.2 Å². The quantitative estimate of drug-likeness (QED) is 0.848. The average Bonchev–Trinajstić information content (AvgIpc) is 2.83. The van der Waals surface area contributed by atoms with Crippen LogP contribution in [0, 0.1) is 5.92 Å². The predicted octanol–water partition coefficient (Wildman–Crippen LogP) is 2.72. The first kappa shape index (κ1) is 12.8. The molecule has 4 nitrogen and oxygen atoms in total.